The van der Waals surface area contributed by atoms with Gasteiger partial charge >= 0.3 is 0 Å². The highest BCUT2D eigenvalue weighted by molar-refractivity contribution is 6.01. The molecular weight excluding hydrogens is 675 g/mol. The Kier molecular flexibility index (Phi) is 7.47. The highest BCUT2D eigenvalue weighted by Gasteiger charge is 2.52. The summed E-state index contributed by atoms with van der Waals surface area (Å²) in [6, 6.07) is 82.3. The van der Waals surface area contributed by atoms with Gasteiger partial charge in [0.25, 0.3) is 0 Å². The lowest BCUT2D eigenvalue weighted by molar-refractivity contribution is 0.794. The summed E-state index contributed by atoms with van der Waals surface area (Å²) in [6.45, 7) is 0. The monoisotopic (exact) mass is 711 g/mol. The van der Waals surface area contributed by atoms with Gasteiger partial charge in [-0.3, -0.25) is 0 Å². The first-order valence-electron chi connectivity index (χ1n) is 19.4. The first-order chi connectivity index (χ1) is 27.8. The van der Waals surface area contributed by atoms with E-state index in [1.54, 1.807) is 0 Å². The molecule has 0 radical (unpaired) electrons. The SMILES string of the molecule is c1ccc(-c2ccc(-c3ccc(N(c4ccc(-c5ccccc5)cc4)c4cccc5c4-c4ccccc4C54c5ccccc5-c5ccccc54)cc3)cc2)cc1. The van der Waals surface area contributed by atoms with Gasteiger partial charge in [0.2, 0.25) is 0 Å². The Morgan fingerprint density at radius 3 is 1.05 bits per heavy atom. The van der Waals surface area contributed by atoms with E-state index in [9.17, 15) is 0 Å². The van der Waals surface area contributed by atoms with Crippen LogP contribution in [0, 0.1) is 0 Å². The lowest BCUT2D eigenvalue weighted by Gasteiger charge is -2.32. The fraction of sp³-hybridized carbons (Fsp3) is 0.0182. The molecule has 0 bridgehead atoms. The van der Waals surface area contributed by atoms with Crippen molar-refractivity contribution in [2.24, 2.45) is 0 Å². The van der Waals surface area contributed by atoms with Crippen molar-refractivity contribution >= 4 is 17.1 Å². The molecule has 0 aliphatic heterocycles. The summed E-state index contributed by atoms with van der Waals surface area (Å²) < 4.78 is 0. The van der Waals surface area contributed by atoms with E-state index < -0.39 is 5.41 Å². The summed E-state index contributed by atoms with van der Waals surface area (Å²) in [5, 5.41) is 0. The molecule has 9 aromatic rings. The van der Waals surface area contributed by atoms with E-state index >= 15 is 0 Å². The molecule has 56 heavy (non-hydrogen) atoms. The van der Waals surface area contributed by atoms with Crippen molar-refractivity contribution in [3.63, 3.8) is 0 Å². The van der Waals surface area contributed by atoms with Crippen LogP contribution in [0.2, 0.25) is 0 Å². The van der Waals surface area contributed by atoms with Crippen molar-refractivity contribution in [1.82, 2.24) is 0 Å². The molecule has 0 fully saturated rings. The van der Waals surface area contributed by atoms with Crippen LogP contribution < -0.4 is 4.90 Å². The Labute approximate surface area is 328 Å². The van der Waals surface area contributed by atoms with Gasteiger partial charge in [-0.15, -0.1) is 0 Å². The third kappa shape index (κ3) is 4.88. The maximum absolute atomic E-state index is 2.46. The Bertz CT molecular complexity index is 2830. The molecule has 0 N–H and O–H groups in total. The molecule has 2 aliphatic carbocycles. The highest BCUT2D eigenvalue weighted by atomic mass is 15.1. The first-order valence-corrected chi connectivity index (χ1v) is 19.4. The minimum Gasteiger partial charge on any atom is -0.310 e. The average molecular weight is 712 g/mol. The van der Waals surface area contributed by atoms with Gasteiger partial charge < -0.3 is 4.90 Å². The van der Waals surface area contributed by atoms with Crippen LogP contribution in [0.1, 0.15) is 22.3 Å². The van der Waals surface area contributed by atoms with Gasteiger partial charge in [0.15, 0.2) is 0 Å². The second-order valence-electron chi connectivity index (χ2n) is 14.8. The van der Waals surface area contributed by atoms with Gasteiger partial charge in [0.05, 0.1) is 11.1 Å². The van der Waals surface area contributed by atoms with E-state index in [4.69, 9.17) is 0 Å². The fourth-order valence-corrected chi connectivity index (χ4v) is 9.46. The average Bonchev–Trinajstić information content (AvgIpc) is 3.76. The van der Waals surface area contributed by atoms with Gasteiger partial charge in [0, 0.05) is 16.9 Å². The summed E-state index contributed by atoms with van der Waals surface area (Å²) in [6.07, 6.45) is 0. The highest BCUT2D eigenvalue weighted by Crippen LogP contribution is 2.64. The second kappa shape index (κ2) is 13.0. The van der Waals surface area contributed by atoms with Gasteiger partial charge in [-0.1, -0.05) is 194 Å². The summed E-state index contributed by atoms with van der Waals surface area (Å²) in [4.78, 5) is 2.46. The first kappa shape index (κ1) is 32.2. The molecular formula is C55H37N. The standard InChI is InChI=1S/C55H37N/c1-3-14-38(15-4-1)40-26-28-41(29-27-40)43-32-36-45(37-33-43)56(44-34-30-42(31-35-44)39-16-5-2-6-17-39)53-25-13-24-52-54(53)48-20-9-12-23-51(48)55(52)49-21-10-7-18-46(49)47-19-8-11-22-50(47)55/h1-37H. The van der Waals surface area contributed by atoms with E-state index in [2.05, 4.69) is 229 Å². The number of anilines is 3. The third-order valence-electron chi connectivity index (χ3n) is 11.9. The van der Waals surface area contributed by atoms with Crippen molar-refractivity contribution in [2.45, 2.75) is 5.41 Å². The molecule has 0 atom stereocenters. The minimum atomic E-state index is -0.409. The zero-order valence-electron chi connectivity index (χ0n) is 30.8. The van der Waals surface area contributed by atoms with E-state index in [-0.39, 0.29) is 0 Å². The molecule has 0 aromatic heterocycles. The zero-order chi connectivity index (χ0) is 37.1. The Morgan fingerprint density at radius 2 is 0.589 bits per heavy atom. The lowest BCUT2D eigenvalue weighted by Crippen LogP contribution is -2.26. The third-order valence-corrected chi connectivity index (χ3v) is 11.9. The zero-order valence-corrected chi connectivity index (χ0v) is 30.8. The Morgan fingerprint density at radius 1 is 0.250 bits per heavy atom. The summed E-state index contributed by atoms with van der Waals surface area (Å²) in [7, 11) is 0. The van der Waals surface area contributed by atoms with Crippen LogP contribution in [-0.2, 0) is 5.41 Å². The van der Waals surface area contributed by atoms with Gasteiger partial charge in [0.1, 0.15) is 0 Å². The van der Waals surface area contributed by atoms with Crippen LogP contribution in [0.4, 0.5) is 17.1 Å². The molecule has 0 saturated carbocycles. The van der Waals surface area contributed by atoms with Gasteiger partial charge in [-0.2, -0.15) is 0 Å². The molecule has 9 aromatic carbocycles. The van der Waals surface area contributed by atoms with Crippen molar-refractivity contribution in [3.05, 3.63) is 247 Å². The van der Waals surface area contributed by atoms with Crippen LogP contribution in [0.3, 0.4) is 0 Å². The van der Waals surface area contributed by atoms with Crippen LogP contribution in [-0.4, -0.2) is 0 Å². The number of hydrogen-bond acceptors (Lipinski definition) is 1. The molecule has 1 heteroatoms. The molecule has 2 aliphatic rings. The molecule has 0 heterocycles. The lowest BCUT2D eigenvalue weighted by atomic mass is 9.70. The maximum Gasteiger partial charge on any atom is 0.0726 e. The van der Waals surface area contributed by atoms with Crippen molar-refractivity contribution < 1.29 is 0 Å². The number of hydrogen-bond donors (Lipinski definition) is 0. The molecule has 0 saturated heterocycles. The summed E-state index contributed by atoms with van der Waals surface area (Å²) >= 11 is 0. The number of fused-ring (bicyclic) bond motifs is 10. The van der Waals surface area contributed by atoms with Gasteiger partial charge in [-0.05, 0) is 103 Å². The van der Waals surface area contributed by atoms with Crippen LogP contribution in [0.15, 0.2) is 224 Å². The minimum absolute atomic E-state index is 0.409. The molecule has 0 unspecified atom stereocenters. The number of rotatable bonds is 6. The van der Waals surface area contributed by atoms with E-state index in [0.717, 1.165) is 11.4 Å². The van der Waals surface area contributed by atoms with Crippen molar-refractivity contribution in [2.75, 3.05) is 4.90 Å². The molecule has 1 nitrogen and oxygen atoms in total. The smallest absolute Gasteiger partial charge is 0.0726 e. The van der Waals surface area contributed by atoms with Gasteiger partial charge in [-0.25, -0.2) is 0 Å². The van der Waals surface area contributed by atoms with Crippen LogP contribution in [0.5, 0.6) is 0 Å². The Hall–Kier alpha value is -7.22. The molecule has 1 spiro atoms. The van der Waals surface area contributed by atoms with Crippen LogP contribution >= 0.6 is 0 Å². The molecule has 11 rings (SSSR count). The normalized spacial score (nSPS) is 12.8. The van der Waals surface area contributed by atoms with E-state index in [1.807, 2.05) is 0 Å². The predicted molar refractivity (Wildman–Crippen MR) is 234 cm³/mol. The quantitative estimate of drug-likeness (QED) is 0.166. The van der Waals surface area contributed by atoms with Crippen molar-refractivity contribution in [3.8, 4) is 55.6 Å². The second-order valence-corrected chi connectivity index (χ2v) is 14.8. The summed E-state index contributed by atoms with van der Waals surface area (Å²) in [5.74, 6) is 0. The maximum atomic E-state index is 2.46. The topological polar surface area (TPSA) is 3.24 Å². The van der Waals surface area contributed by atoms with Crippen LogP contribution in [0.25, 0.3) is 55.6 Å². The number of benzene rings is 9. The van der Waals surface area contributed by atoms with Crippen molar-refractivity contribution in [1.29, 1.82) is 0 Å². The predicted octanol–water partition coefficient (Wildman–Crippen LogP) is 14.5. The molecule has 0 amide bonds. The largest absolute Gasteiger partial charge is 0.310 e. The Balaban J connectivity index is 1.09. The fourth-order valence-electron chi connectivity index (χ4n) is 9.46. The number of nitrogens with zero attached hydrogens (tertiary/aromatic N) is 1. The molecule has 262 valence electrons. The van der Waals surface area contributed by atoms with E-state index in [0.29, 0.717) is 0 Å². The van der Waals surface area contributed by atoms with E-state index in [1.165, 1.54) is 83.6 Å². The summed E-state index contributed by atoms with van der Waals surface area (Å²) in [5.41, 5.74) is 20.8.